The van der Waals surface area contributed by atoms with Crippen molar-refractivity contribution in [2.24, 2.45) is 0 Å². The van der Waals surface area contributed by atoms with Gasteiger partial charge in [-0.2, -0.15) is 4.98 Å². The van der Waals surface area contributed by atoms with Gasteiger partial charge in [-0.25, -0.2) is 4.98 Å². The maximum atomic E-state index is 5.39. The van der Waals surface area contributed by atoms with Crippen LogP contribution in [0.15, 0.2) is 6.07 Å². The van der Waals surface area contributed by atoms with Gasteiger partial charge < -0.3 is 15.0 Å². The van der Waals surface area contributed by atoms with Crippen LogP contribution in [-0.2, 0) is 4.74 Å². The van der Waals surface area contributed by atoms with Crippen LogP contribution < -0.4 is 10.2 Å². The Kier molecular flexibility index (Phi) is 4.36. The fourth-order valence-electron chi connectivity index (χ4n) is 2.16. The van der Waals surface area contributed by atoms with E-state index >= 15 is 0 Å². The van der Waals surface area contributed by atoms with Crippen LogP contribution in [0.1, 0.15) is 25.5 Å². The van der Waals surface area contributed by atoms with Crippen molar-refractivity contribution in [3.05, 3.63) is 11.8 Å². The van der Waals surface area contributed by atoms with E-state index in [-0.39, 0.29) is 0 Å². The minimum atomic E-state index is 0.326. The fraction of sp³-hybridized carbons (Fsp3) is 0.692. The Morgan fingerprint density at radius 2 is 2.33 bits per heavy atom. The monoisotopic (exact) mass is 250 g/mol. The van der Waals surface area contributed by atoms with Crippen molar-refractivity contribution in [3.63, 3.8) is 0 Å². The van der Waals surface area contributed by atoms with E-state index in [1.807, 2.05) is 13.0 Å². The van der Waals surface area contributed by atoms with Gasteiger partial charge in [0, 0.05) is 38.5 Å². The van der Waals surface area contributed by atoms with Crippen LogP contribution in [0.3, 0.4) is 0 Å². The van der Waals surface area contributed by atoms with Gasteiger partial charge in [-0.1, -0.05) is 6.92 Å². The topological polar surface area (TPSA) is 50.3 Å². The minimum absolute atomic E-state index is 0.326. The third-order valence-corrected chi connectivity index (χ3v) is 3.18. The Balaban J connectivity index is 2.10. The first-order valence-electron chi connectivity index (χ1n) is 6.60. The summed E-state index contributed by atoms with van der Waals surface area (Å²) in [6.07, 6.45) is 2.46. The Morgan fingerprint density at radius 1 is 1.50 bits per heavy atom. The quantitative estimate of drug-likeness (QED) is 0.864. The molecule has 0 amide bonds. The molecule has 1 aromatic heterocycles. The predicted octanol–water partition coefficient (Wildman–Crippen LogP) is 1.83. The van der Waals surface area contributed by atoms with Crippen molar-refractivity contribution in [3.8, 4) is 0 Å². The summed E-state index contributed by atoms with van der Waals surface area (Å²) in [6, 6.07) is 2.04. The third kappa shape index (κ3) is 3.10. The number of hydrogen-bond acceptors (Lipinski definition) is 5. The van der Waals surface area contributed by atoms with Crippen LogP contribution in [0.25, 0.3) is 0 Å². The number of aryl methyl sites for hydroxylation is 1. The van der Waals surface area contributed by atoms with Gasteiger partial charge in [-0.15, -0.1) is 0 Å². The summed E-state index contributed by atoms with van der Waals surface area (Å²) < 4.78 is 5.39. The second kappa shape index (κ2) is 6.00. The molecule has 2 heterocycles. The number of anilines is 2. The van der Waals surface area contributed by atoms with Crippen LogP contribution in [-0.4, -0.2) is 42.8 Å². The van der Waals surface area contributed by atoms with Gasteiger partial charge in [-0.3, -0.25) is 0 Å². The smallest absolute Gasteiger partial charge is 0.224 e. The number of nitrogens with zero attached hydrogens (tertiary/aromatic N) is 3. The summed E-state index contributed by atoms with van der Waals surface area (Å²) in [5.74, 6) is 1.73. The zero-order valence-corrected chi connectivity index (χ0v) is 11.4. The molecule has 18 heavy (non-hydrogen) atoms. The molecule has 1 fully saturated rings. The average Bonchev–Trinajstić information content (AvgIpc) is 2.84. The molecule has 1 N–H and O–H groups in total. The molecule has 0 aliphatic carbocycles. The van der Waals surface area contributed by atoms with Gasteiger partial charge in [-0.05, 0) is 19.8 Å². The summed E-state index contributed by atoms with van der Waals surface area (Å²) in [4.78, 5) is 11.2. The van der Waals surface area contributed by atoms with E-state index in [1.54, 1.807) is 7.11 Å². The molecule has 1 saturated heterocycles. The van der Waals surface area contributed by atoms with Gasteiger partial charge >= 0.3 is 0 Å². The maximum absolute atomic E-state index is 5.39. The van der Waals surface area contributed by atoms with Crippen molar-refractivity contribution in [1.29, 1.82) is 0 Å². The van der Waals surface area contributed by atoms with Gasteiger partial charge in [0.05, 0.1) is 6.10 Å². The SMILES string of the molecule is CCCNc1nc(C)cc(N2CCC(OC)C2)n1. The summed E-state index contributed by atoms with van der Waals surface area (Å²) in [7, 11) is 1.77. The van der Waals surface area contributed by atoms with Crippen LogP contribution in [0, 0.1) is 6.92 Å². The molecule has 5 nitrogen and oxygen atoms in total. The molecule has 2 rings (SSSR count). The number of hydrogen-bond donors (Lipinski definition) is 1. The second-order valence-corrected chi connectivity index (χ2v) is 4.71. The Morgan fingerprint density at radius 3 is 3.00 bits per heavy atom. The average molecular weight is 250 g/mol. The molecule has 1 atom stereocenters. The highest BCUT2D eigenvalue weighted by molar-refractivity contribution is 5.45. The maximum Gasteiger partial charge on any atom is 0.224 e. The molecular formula is C13H22N4O. The molecule has 0 spiro atoms. The van der Waals surface area contributed by atoms with Crippen molar-refractivity contribution < 1.29 is 4.74 Å². The largest absolute Gasteiger partial charge is 0.380 e. The van der Waals surface area contributed by atoms with Crippen LogP contribution in [0.5, 0.6) is 0 Å². The van der Waals surface area contributed by atoms with Crippen LogP contribution in [0.2, 0.25) is 0 Å². The lowest BCUT2D eigenvalue weighted by molar-refractivity contribution is 0.121. The number of aromatic nitrogens is 2. The fourth-order valence-corrected chi connectivity index (χ4v) is 2.16. The molecule has 0 aromatic carbocycles. The number of rotatable bonds is 5. The Labute approximate surface area is 109 Å². The third-order valence-electron chi connectivity index (χ3n) is 3.18. The van der Waals surface area contributed by atoms with E-state index in [2.05, 4.69) is 27.1 Å². The van der Waals surface area contributed by atoms with Gasteiger partial charge in [0.15, 0.2) is 0 Å². The Bertz CT molecular complexity index is 397. The van der Waals surface area contributed by atoms with Crippen molar-refractivity contribution in [2.75, 3.05) is 37.0 Å². The first-order valence-corrected chi connectivity index (χ1v) is 6.60. The number of ether oxygens (including phenoxy) is 1. The van der Waals surface area contributed by atoms with E-state index in [0.29, 0.717) is 6.10 Å². The molecule has 100 valence electrons. The van der Waals surface area contributed by atoms with E-state index in [9.17, 15) is 0 Å². The van der Waals surface area contributed by atoms with E-state index < -0.39 is 0 Å². The molecule has 1 aliphatic heterocycles. The second-order valence-electron chi connectivity index (χ2n) is 4.71. The van der Waals surface area contributed by atoms with Crippen molar-refractivity contribution in [2.45, 2.75) is 32.8 Å². The predicted molar refractivity (Wildman–Crippen MR) is 73.2 cm³/mol. The minimum Gasteiger partial charge on any atom is -0.380 e. The lowest BCUT2D eigenvalue weighted by Crippen LogP contribution is -2.23. The number of nitrogens with one attached hydrogen (secondary N) is 1. The lowest BCUT2D eigenvalue weighted by Gasteiger charge is -2.18. The van der Waals surface area contributed by atoms with Crippen molar-refractivity contribution in [1.82, 2.24) is 9.97 Å². The molecule has 0 bridgehead atoms. The molecule has 1 aliphatic rings. The first kappa shape index (κ1) is 13.1. The standard InChI is InChI=1S/C13H22N4O/c1-4-6-14-13-15-10(2)8-12(16-13)17-7-5-11(9-17)18-3/h8,11H,4-7,9H2,1-3H3,(H,14,15,16). The first-order chi connectivity index (χ1) is 8.72. The molecular weight excluding hydrogens is 228 g/mol. The summed E-state index contributed by atoms with van der Waals surface area (Å²) >= 11 is 0. The van der Waals surface area contributed by atoms with E-state index in [4.69, 9.17) is 4.74 Å². The summed E-state index contributed by atoms with van der Waals surface area (Å²) in [5, 5.41) is 3.24. The Hall–Kier alpha value is -1.36. The molecule has 5 heteroatoms. The van der Waals surface area contributed by atoms with Gasteiger partial charge in [0.1, 0.15) is 5.82 Å². The van der Waals surface area contributed by atoms with Gasteiger partial charge in [0.2, 0.25) is 5.95 Å². The summed E-state index contributed by atoms with van der Waals surface area (Å²) in [6.45, 7) is 6.96. The van der Waals surface area contributed by atoms with Crippen LogP contribution >= 0.6 is 0 Å². The normalized spacial score (nSPS) is 19.3. The molecule has 0 radical (unpaired) electrons. The zero-order chi connectivity index (χ0) is 13.0. The zero-order valence-electron chi connectivity index (χ0n) is 11.4. The number of methoxy groups -OCH3 is 1. The van der Waals surface area contributed by atoms with E-state index in [0.717, 1.165) is 49.9 Å². The summed E-state index contributed by atoms with van der Waals surface area (Å²) in [5.41, 5.74) is 1.000. The van der Waals surface area contributed by atoms with Crippen LogP contribution in [0.4, 0.5) is 11.8 Å². The molecule has 1 aromatic rings. The highest BCUT2D eigenvalue weighted by atomic mass is 16.5. The highest BCUT2D eigenvalue weighted by Crippen LogP contribution is 2.21. The van der Waals surface area contributed by atoms with Gasteiger partial charge in [0.25, 0.3) is 0 Å². The highest BCUT2D eigenvalue weighted by Gasteiger charge is 2.23. The van der Waals surface area contributed by atoms with Crippen molar-refractivity contribution >= 4 is 11.8 Å². The van der Waals surface area contributed by atoms with E-state index in [1.165, 1.54) is 0 Å². The lowest BCUT2D eigenvalue weighted by atomic mass is 10.3. The molecule has 1 unspecified atom stereocenters. The molecule has 0 saturated carbocycles.